The van der Waals surface area contributed by atoms with E-state index in [0.717, 1.165) is 67.3 Å². The Labute approximate surface area is 367 Å². The van der Waals surface area contributed by atoms with Gasteiger partial charge in [0.25, 0.3) is 0 Å². The van der Waals surface area contributed by atoms with Crippen LogP contribution in [0.25, 0.3) is 120 Å². The van der Waals surface area contributed by atoms with Crippen LogP contribution in [0.4, 0.5) is 0 Å². The summed E-state index contributed by atoms with van der Waals surface area (Å²) in [6, 6.07) is 76.5. The average molecular weight is 821 g/mol. The van der Waals surface area contributed by atoms with Gasteiger partial charge in [-0.05, 0) is 89.0 Å². The molecule has 0 amide bonds. The van der Waals surface area contributed by atoms with Crippen molar-refractivity contribution in [2.75, 3.05) is 0 Å². The fourth-order valence-corrected chi connectivity index (χ4v) is 10.6. The minimum absolute atomic E-state index is 0.888. The van der Waals surface area contributed by atoms with Crippen LogP contribution in [0, 0.1) is 0 Å². The lowest BCUT2D eigenvalue weighted by Crippen LogP contribution is -2.00. The zero-order valence-electron chi connectivity index (χ0n) is 34.0. The number of aromatic nitrogens is 4. The molecular formula is C58H36N4S. The summed E-state index contributed by atoms with van der Waals surface area (Å²) in [7, 11) is 0. The molecule has 4 nitrogen and oxygen atoms in total. The van der Waals surface area contributed by atoms with Crippen LogP contribution < -0.4 is 0 Å². The summed E-state index contributed by atoms with van der Waals surface area (Å²) in [4.78, 5) is 10.3. The number of nitrogens with zero attached hydrogens (tertiary/aromatic N) is 4. The fourth-order valence-electron chi connectivity index (χ4n) is 9.58. The highest BCUT2D eigenvalue weighted by atomic mass is 32.1. The summed E-state index contributed by atoms with van der Waals surface area (Å²) < 4.78 is 7.24. The van der Waals surface area contributed by atoms with Gasteiger partial charge in [0.15, 0.2) is 0 Å². The largest absolute Gasteiger partial charge is 0.309 e. The lowest BCUT2D eigenvalue weighted by Gasteiger charge is -2.13. The highest BCUT2D eigenvalue weighted by molar-refractivity contribution is 7.25. The number of rotatable bonds is 6. The molecule has 63 heavy (non-hydrogen) atoms. The summed E-state index contributed by atoms with van der Waals surface area (Å²) >= 11 is 1.80. The Morgan fingerprint density at radius 1 is 0.317 bits per heavy atom. The first kappa shape index (κ1) is 35.6. The van der Waals surface area contributed by atoms with Gasteiger partial charge in [0.05, 0.1) is 38.2 Å². The molecule has 0 aliphatic rings. The minimum Gasteiger partial charge on any atom is -0.309 e. The van der Waals surface area contributed by atoms with Crippen LogP contribution in [0.1, 0.15) is 0 Å². The van der Waals surface area contributed by atoms with Gasteiger partial charge in [-0.1, -0.05) is 146 Å². The fraction of sp³-hybridized carbons (Fsp3) is 0. The zero-order chi connectivity index (χ0) is 41.4. The number of benzene rings is 8. The number of thiophene rings is 1. The van der Waals surface area contributed by atoms with Crippen molar-refractivity contribution in [1.29, 1.82) is 0 Å². The number of pyridine rings is 2. The lowest BCUT2D eigenvalue weighted by molar-refractivity contribution is 1.08. The van der Waals surface area contributed by atoms with Crippen LogP contribution in [0.2, 0.25) is 0 Å². The lowest BCUT2D eigenvalue weighted by atomic mass is 10.0. The molecule has 5 aromatic heterocycles. The maximum Gasteiger partial charge on any atom is 0.138 e. The van der Waals surface area contributed by atoms with Crippen molar-refractivity contribution in [3.63, 3.8) is 0 Å². The van der Waals surface area contributed by atoms with E-state index in [4.69, 9.17) is 9.97 Å². The van der Waals surface area contributed by atoms with E-state index in [2.05, 4.69) is 221 Å². The Bertz CT molecular complexity index is 3840. The highest BCUT2D eigenvalue weighted by Gasteiger charge is 2.18. The smallest absolute Gasteiger partial charge is 0.138 e. The van der Waals surface area contributed by atoms with Gasteiger partial charge in [-0.2, -0.15) is 0 Å². The summed E-state index contributed by atoms with van der Waals surface area (Å²) in [5.74, 6) is 0.888. The van der Waals surface area contributed by atoms with E-state index in [0.29, 0.717) is 0 Å². The summed E-state index contributed by atoms with van der Waals surface area (Å²) in [5.41, 5.74) is 14.4. The zero-order valence-corrected chi connectivity index (χ0v) is 34.8. The van der Waals surface area contributed by atoms with Crippen molar-refractivity contribution in [2.45, 2.75) is 0 Å². The Kier molecular flexibility index (Phi) is 8.05. The third kappa shape index (κ3) is 5.82. The quantitative estimate of drug-likeness (QED) is 0.167. The van der Waals surface area contributed by atoms with Gasteiger partial charge in [-0.15, -0.1) is 11.3 Å². The van der Waals surface area contributed by atoms with Gasteiger partial charge in [0, 0.05) is 60.0 Å². The van der Waals surface area contributed by atoms with Crippen LogP contribution in [0.15, 0.2) is 219 Å². The van der Waals surface area contributed by atoms with E-state index in [1.807, 2.05) is 6.20 Å². The minimum atomic E-state index is 0.888. The van der Waals surface area contributed by atoms with Gasteiger partial charge in [-0.3, -0.25) is 9.55 Å². The first-order chi connectivity index (χ1) is 31.2. The van der Waals surface area contributed by atoms with Crippen molar-refractivity contribution < 1.29 is 0 Å². The predicted molar refractivity (Wildman–Crippen MR) is 265 cm³/mol. The van der Waals surface area contributed by atoms with Crippen molar-refractivity contribution >= 4 is 75.1 Å². The molecule has 0 spiro atoms. The van der Waals surface area contributed by atoms with Crippen LogP contribution >= 0.6 is 11.3 Å². The van der Waals surface area contributed by atoms with Gasteiger partial charge in [0.2, 0.25) is 0 Å². The third-order valence-electron chi connectivity index (χ3n) is 12.6. The van der Waals surface area contributed by atoms with Crippen molar-refractivity contribution in [1.82, 2.24) is 19.1 Å². The number of para-hydroxylation sites is 2. The first-order valence-corrected chi connectivity index (χ1v) is 22.1. The molecule has 0 unspecified atom stereocenters. The van der Waals surface area contributed by atoms with Gasteiger partial charge in [0.1, 0.15) is 5.82 Å². The van der Waals surface area contributed by atoms with Crippen LogP contribution in [0.3, 0.4) is 0 Å². The van der Waals surface area contributed by atoms with E-state index in [1.54, 1.807) is 11.3 Å². The Balaban J connectivity index is 0.936. The van der Waals surface area contributed by atoms with Crippen molar-refractivity contribution in [2.24, 2.45) is 0 Å². The number of hydrogen-bond donors (Lipinski definition) is 0. The summed E-state index contributed by atoms with van der Waals surface area (Å²) in [5, 5.41) is 7.38. The summed E-state index contributed by atoms with van der Waals surface area (Å²) in [6.07, 6.45) is 2.02. The average Bonchev–Trinajstić information content (AvgIpc) is 4.01. The molecule has 0 aliphatic heterocycles. The van der Waals surface area contributed by atoms with E-state index in [9.17, 15) is 0 Å². The van der Waals surface area contributed by atoms with Gasteiger partial charge < -0.3 is 4.57 Å². The third-order valence-corrected chi connectivity index (χ3v) is 13.7. The standard InChI is InChI=1S/C58H36N4S/c1-3-13-37(14-4-1)42-32-51(38-15-5-2-6-16-38)60-58(34-42)62-53-21-11-7-17-44(53)46-29-25-41(33-55(46)62)40-26-30-54-48(31-40)45-18-8-10-20-52(45)61(54)43-27-23-39(24-28-43)50-35-49-47-19-9-12-22-56(47)63-57(49)36-59-50/h1-36H. The summed E-state index contributed by atoms with van der Waals surface area (Å²) in [6.45, 7) is 0. The van der Waals surface area contributed by atoms with Crippen molar-refractivity contribution in [3.05, 3.63) is 219 Å². The molecule has 0 atom stereocenters. The molecule has 0 fully saturated rings. The Morgan fingerprint density at radius 3 is 1.70 bits per heavy atom. The van der Waals surface area contributed by atoms with E-state index in [1.165, 1.54) is 52.8 Å². The number of hydrogen-bond acceptors (Lipinski definition) is 3. The molecule has 0 aliphatic carbocycles. The molecular weight excluding hydrogens is 785 g/mol. The normalized spacial score (nSPS) is 11.8. The molecule has 5 heteroatoms. The SMILES string of the molecule is c1ccc(-c2cc(-c3ccccc3)nc(-n3c4ccccc4c4ccc(-c5ccc6c(c5)c5ccccc5n6-c5ccc(-c6cc7c(cn6)sc6ccccc67)cc5)cc43)c2)cc1. The number of fused-ring (bicyclic) bond motifs is 9. The maximum atomic E-state index is 5.38. The molecule has 8 aromatic carbocycles. The topological polar surface area (TPSA) is 35.6 Å². The van der Waals surface area contributed by atoms with E-state index >= 15 is 0 Å². The van der Waals surface area contributed by atoms with Crippen LogP contribution in [-0.4, -0.2) is 19.1 Å². The van der Waals surface area contributed by atoms with Crippen molar-refractivity contribution in [3.8, 4) is 56.3 Å². The Morgan fingerprint density at radius 2 is 0.905 bits per heavy atom. The molecule has 0 saturated carbocycles. The van der Waals surface area contributed by atoms with Crippen LogP contribution in [-0.2, 0) is 0 Å². The van der Waals surface area contributed by atoms with E-state index in [-0.39, 0.29) is 0 Å². The van der Waals surface area contributed by atoms with Gasteiger partial charge in [-0.25, -0.2) is 4.98 Å². The second-order valence-corrected chi connectivity index (χ2v) is 17.3. The first-order valence-electron chi connectivity index (χ1n) is 21.3. The highest BCUT2D eigenvalue weighted by Crippen LogP contribution is 2.40. The second kappa shape index (κ2) is 14.2. The molecule has 294 valence electrons. The molecule has 0 radical (unpaired) electrons. The molecule has 0 N–H and O–H groups in total. The van der Waals surface area contributed by atoms with E-state index < -0.39 is 0 Å². The molecule has 0 bridgehead atoms. The molecule has 13 aromatic rings. The maximum absolute atomic E-state index is 5.38. The molecule has 13 rings (SSSR count). The van der Waals surface area contributed by atoms with Gasteiger partial charge >= 0.3 is 0 Å². The Hall–Kier alpha value is -8.12. The van der Waals surface area contributed by atoms with Crippen LogP contribution in [0.5, 0.6) is 0 Å². The predicted octanol–water partition coefficient (Wildman–Crippen LogP) is 15.7. The molecule has 5 heterocycles. The molecule has 0 saturated heterocycles. The monoisotopic (exact) mass is 820 g/mol. The second-order valence-electron chi connectivity index (χ2n) is 16.2.